The molecule has 0 amide bonds. The molecule has 5 aliphatic heterocycles. The number of hydrogen-bond acceptors (Lipinski definition) is 21. The fourth-order valence-electron chi connectivity index (χ4n) is 14.8. The molecule has 422 valence electrons. The van der Waals surface area contributed by atoms with Crippen LogP contribution < -0.4 is 0 Å². The maximum absolute atomic E-state index is 12.7. The van der Waals surface area contributed by atoms with Crippen molar-refractivity contribution in [1.82, 2.24) is 0 Å². The van der Waals surface area contributed by atoms with E-state index < -0.39 is 151 Å². The first-order valence-corrected chi connectivity index (χ1v) is 28.0. The minimum absolute atomic E-state index is 0.0101. The van der Waals surface area contributed by atoms with E-state index in [2.05, 4.69) is 33.4 Å². The molecule has 8 fully saturated rings. The average Bonchev–Trinajstić information content (AvgIpc) is 3.80. The molecule has 5 heterocycles. The SMILES string of the molecule is C=C1CC[C@@]2(OC1)O[C@H]1C[C@H]3[C@@H]4CC=C5C[C@@H](O[C@@H]6O[C@H](COC(=O)C(O)C(C)CC)[C@@H](O)[C@H](O)[C@H]6O)C[C@@H](O[C@@H]6O[C@H](C)[C@H](OS(=O)(=O)O)[C@H](O)[C@H]6O[C@@H]6O[C@@H](C)[C@H](O)[C@@H](O)[C@H]6O)[C@]5(C)[C@H]4CC[C@]3(C)[C@H]1[C@@H]2C. The summed E-state index contributed by atoms with van der Waals surface area (Å²) < 4.78 is 95.7. The van der Waals surface area contributed by atoms with Crippen molar-refractivity contribution in [3.8, 4) is 0 Å². The third kappa shape index (κ3) is 10.1. The summed E-state index contributed by atoms with van der Waals surface area (Å²) in [5, 5.41) is 88.1. The lowest BCUT2D eigenvalue weighted by Gasteiger charge is -2.61. The van der Waals surface area contributed by atoms with Gasteiger partial charge in [-0.15, -0.1) is 0 Å². The van der Waals surface area contributed by atoms with Crippen LogP contribution in [-0.4, -0.2) is 195 Å². The normalized spacial score (nSPS) is 51.3. The number of allylic oxidation sites excluding steroid dienone is 1. The highest BCUT2D eigenvalue weighted by Crippen LogP contribution is 2.71. The Balaban J connectivity index is 1.03. The van der Waals surface area contributed by atoms with Crippen molar-refractivity contribution in [2.24, 2.45) is 46.3 Å². The van der Waals surface area contributed by atoms with Crippen molar-refractivity contribution in [2.75, 3.05) is 13.2 Å². The largest absolute Gasteiger partial charge is 0.461 e. The van der Waals surface area contributed by atoms with Gasteiger partial charge in [-0.1, -0.05) is 64.8 Å². The van der Waals surface area contributed by atoms with Crippen LogP contribution >= 0.6 is 0 Å². The van der Waals surface area contributed by atoms with E-state index in [0.717, 1.165) is 43.3 Å². The van der Waals surface area contributed by atoms with Gasteiger partial charge in [-0.25, -0.2) is 8.98 Å². The molecular formula is C51H80O22S. The van der Waals surface area contributed by atoms with E-state index in [4.69, 9.17) is 46.8 Å². The number of esters is 1. The van der Waals surface area contributed by atoms with Crippen molar-refractivity contribution in [1.29, 1.82) is 0 Å². The van der Waals surface area contributed by atoms with Gasteiger partial charge in [-0.3, -0.25) is 4.55 Å². The summed E-state index contributed by atoms with van der Waals surface area (Å²) in [6.07, 6.45) is -19.8. The fraction of sp³-hybridized carbons (Fsp3) is 0.902. The van der Waals surface area contributed by atoms with Crippen LogP contribution in [0.25, 0.3) is 0 Å². The number of carbonyl (C=O) groups excluding carboxylic acids is 1. The maximum atomic E-state index is 12.7. The van der Waals surface area contributed by atoms with E-state index in [1.807, 2.05) is 0 Å². The molecule has 0 radical (unpaired) electrons. The molecule has 1 spiro atoms. The Morgan fingerprint density at radius 2 is 1.51 bits per heavy atom. The van der Waals surface area contributed by atoms with Crippen LogP contribution in [0.4, 0.5) is 0 Å². The number of aliphatic hydroxyl groups excluding tert-OH is 8. The number of hydrogen-bond donors (Lipinski definition) is 9. The van der Waals surface area contributed by atoms with Crippen LogP contribution in [0.2, 0.25) is 0 Å². The number of carbonyl (C=O) groups is 1. The molecule has 9 N–H and O–H groups in total. The number of ether oxygens (including phenoxy) is 9. The van der Waals surface area contributed by atoms with Gasteiger partial charge < -0.3 is 83.5 Å². The molecule has 74 heavy (non-hydrogen) atoms. The molecule has 23 heteroatoms. The Hall–Kier alpha value is -1.82. The molecular weight excluding hydrogens is 997 g/mol. The van der Waals surface area contributed by atoms with Gasteiger partial charge in [-0.05, 0) is 87.4 Å². The molecule has 4 aliphatic carbocycles. The lowest BCUT2D eigenvalue weighted by molar-refractivity contribution is -0.371. The predicted molar refractivity (Wildman–Crippen MR) is 254 cm³/mol. The molecule has 5 saturated heterocycles. The highest BCUT2D eigenvalue weighted by atomic mass is 32.3. The second kappa shape index (κ2) is 21.3. The van der Waals surface area contributed by atoms with Crippen LogP contribution in [-0.2, 0) is 62.0 Å². The lowest BCUT2D eigenvalue weighted by Crippen LogP contribution is -2.65. The quantitative estimate of drug-likeness (QED) is 0.0703. The van der Waals surface area contributed by atoms with E-state index in [0.29, 0.717) is 25.9 Å². The molecule has 22 nitrogen and oxygen atoms in total. The molecule has 0 aromatic rings. The molecule has 9 aliphatic rings. The average molecular weight is 1080 g/mol. The number of aliphatic hydroxyl groups is 8. The second-order valence-corrected chi connectivity index (χ2v) is 24.5. The van der Waals surface area contributed by atoms with Gasteiger partial charge in [0.2, 0.25) is 0 Å². The molecule has 0 bridgehead atoms. The Kier molecular flexibility index (Phi) is 16.4. The van der Waals surface area contributed by atoms with Gasteiger partial charge in [0, 0.05) is 24.2 Å². The minimum atomic E-state index is -5.19. The van der Waals surface area contributed by atoms with Crippen LogP contribution in [0, 0.1) is 46.3 Å². The van der Waals surface area contributed by atoms with Crippen molar-refractivity contribution >= 4 is 16.4 Å². The highest BCUT2D eigenvalue weighted by Gasteiger charge is 2.70. The van der Waals surface area contributed by atoms with Crippen LogP contribution in [0.1, 0.15) is 106 Å². The Bertz CT molecular complexity index is 2170. The standard InChI is InChI=1S/C51H80O22S/c1-9-22(3)35(52)45(60)64-20-32-37(54)39(56)41(58)47(69-32)68-27-16-26-10-11-28-29(13-14-49(7)30(28)18-31-34(49)23(4)51(72-31)15-12-21(2)19-65-51)50(26,8)33(17-27)70-48-44(42(59)43(25(6)67-48)73-74(61,62)63)71-46-40(57)38(55)36(53)24(5)66-46/h10,22-25,27-44,46-48,52-59H,2,9,11-20H2,1,3-8H3,(H,61,62,63)/t22?,23-,24-,25+,27+,28+,29-,30-,31-,32+,33+,34-,35?,36-,37+,38+,39-,40+,41+,42-,43-,44+,46-,47+,48-,49-,50-,51+/m0/s1. The molecule has 0 aromatic heterocycles. The van der Waals surface area contributed by atoms with E-state index in [-0.39, 0.29) is 47.5 Å². The topological polar surface area (TPSA) is 326 Å². The molecule has 0 aromatic carbocycles. The minimum Gasteiger partial charge on any atom is -0.461 e. The van der Waals surface area contributed by atoms with E-state index in [1.54, 1.807) is 13.8 Å². The van der Waals surface area contributed by atoms with Gasteiger partial charge in [-0.2, -0.15) is 8.42 Å². The third-order valence-electron chi connectivity index (χ3n) is 19.3. The van der Waals surface area contributed by atoms with Gasteiger partial charge >= 0.3 is 16.4 Å². The van der Waals surface area contributed by atoms with Crippen molar-refractivity contribution in [3.63, 3.8) is 0 Å². The number of rotatable bonds is 13. The Labute approximate surface area is 432 Å². The second-order valence-electron chi connectivity index (χ2n) is 23.5. The monoisotopic (exact) mass is 1080 g/mol. The summed E-state index contributed by atoms with van der Waals surface area (Å²) >= 11 is 0. The maximum Gasteiger partial charge on any atom is 0.397 e. The van der Waals surface area contributed by atoms with Crippen molar-refractivity contribution in [3.05, 3.63) is 23.8 Å². The zero-order chi connectivity index (χ0) is 53.7. The predicted octanol–water partition coefficient (Wildman–Crippen LogP) is 0.918. The first-order chi connectivity index (χ1) is 34.7. The molecule has 28 atom stereocenters. The van der Waals surface area contributed by atoms with Crippen molar-refractivity contribution < 1.29 is 105 Å². The Morgan fingerprint density at radius 1 is 0.838 bits per heavy atom. The summed E-state index contributed by atoms with van der Waals surface area (Å²) in [7, 11) is -5.19. The van der Waals surface area contributed by atoms with Gasteiger partial charge in [0.25, 0.3) is 0 Å². The van der Waals surface area contributed by atoms with Gasteiger partial charge in [0.15, 0.2) is 30.8 Å². The van der Waals surface area contributed by atoms with Crippen molar-refractivity contribution in [2.45, 2.75) is 229 Å². The molecule has 3 saturated carbocycles. The molecule has 2 unspecified atom stereocenters. The first kappa shape index (κ1) is 56.9. The van der Waals surface area contributed by atoms with E-state index in [1.165, 1.54) is 13.8 Å². The van der Waals surface area contributed by atoms with Crippen LogP contribution in [0.15, 0.2) is 23.8 Å². The Morgan fingerprint density at radius 3 is 2.18 bits per heavy atom. The zero-order valence-electron chi connectivity index (χ0n) is 43.2. The van der Waals surface area contributed by atoms with Crippen LogP contribution in [0.3, 0.4) is 0 Å². The number of fused-ring (bicyclic) bond motifs is 7. The fourth-order valence-corrected chi connectivity index (χ4v) is 15.4. The summed E-state index contributed by atoms with van der Waals surface area (Å²) in [6, 6.07) is 0. The summed E-state index contributed by atoms with van der Waals surface area (Å²) in [5.41, 5.74) is 1.12. The zero-order valence-corrected chi connectivity index (χ0v) is 44.1. The van der Waals surface area contributed by atoms with Gasteiger partial charge in [0.1, 0.15) is 67.6 Å². The molecule has 9 rings (SSSR count). The summed E-state index contributed by atoms with van der Waals surface area (Å²) in [5.74, 6) is -1.26. The smallest absolute Gasteiger partial charge is 0.397 e. The van der Waals surface area contributed by atoms with E-state index >= 15 is 0 Å². The summed E-state index contributed by atoms with van der Waals surface area (Å²) in [6.45, 7) is 17.1. The third-order valence-corrected chi connectivity index (χ3v) is 19.8. The van der Waals surface area contributed by atoms with Crippen LogP contribution in [0.5, 0.6) is 0 Å². The lowest BCUT2D eigenvalue weighted by atomic mass is 9.46. The van der Waals surface area contributed by atoms with E-state index in [9.17, 15) is 58.6 Å². The van der Waals surface area contributed by atoms with Gasteiger partial charge in [0.05, 0.1) is 37.1 Å². The highest BCUT2D eigenvalue weighted by molar-refractivity contribution is 7.80. The first-order valence-electron chi connectivity index (χ1n) is 26.6. The summed E-state index contributed by atoms with van der Waals surface area (Å²) in [4.78, 5) is 12.7.